The highest BCUT2D eigenvalue weighted by atomic mass is 16.2. The Morgan fingerprint density at radius 3 is 2.79 bits per heavy atom. The molecule has 1 heterocycles. The number of unbranched alkanes of at least 4 members (excludes halogenated alkanes) is 2. The van der Waals surface area contributed by atoms with Gasteiger partial charge in [0.1, 0.15) is 0 Å². The van der Waals surface area contributed by atoms with Crippen LogP contribution in [0.15, 0.2) is 24.3 Å². The number of hydrogen-bond donors (Lipinski definition) is 1. The van der Waals surface area contributed by atoms with Gasteiger partial charge in [0.25, 0.3) is 0 Å². The molecular weight excluding hydrogens is 236 g/mol. The van der Waals surface area contributed by atoms with Gasteiger partial charge in [-0.15, -0.1) is 16.6 Å². The number of fused-ring (bicyclic) bond motifs is 1. The van der Waals surface area contributed by atoms with Crippen molar-refractivity contribution < 1.29 is 5.11 Å². The van der Waals surface area contributed by atoms with Crippen molar-refractivity contribution in [2.45, 2.75) is 19.3 Å². The quantitative estimate of drug-likeness (QED) is 0.670. The summed E-state index contributed by atoms with van der Waals surface area (Å²) in [5.41, 5.74) is 2.03. The summed E-state index contributed by atoms with van der Waals surface area (Å²) in [7, 11) is 0. The molecule has 2 rings (SSSR count). The Balaban J connectivity index is 2.37. The van der Waals surface area contributed by atoms with Gasteiger partial charge in [0.05, 0.1) is 11.1 Å². The molecule has 3 heteroatoms. The first kappa shape index (κ1) is 13.1. The van der Waals surface area contributed by atoms with Crippen LogP contribution >= 0.6 is 0 Å². The predicted octanol–water partition coefficient (Wildman–Crippen LogP) is 2.13. The number of benzene rings is 1. The normalized spacial score (nSPS) is 9.68. The van der Waals surface area contributed by atoms with E-state index < -0.39 is 0 Å². The number of terminal acetylenes is 1. The van der Waals surface area contributed by atoms with E-state index in [0.717, 1.165) is 35.7 Å². The topological polar surface area (TPSA) is 46.0 Å². The minimum absolute atomic E-state index is 0.205. The van der Waals surface area contributed by atoms with Crippen LogP contribution in [0.1, 0.15) is 30.5 Å². The molecule has 0 saturated heterocycles. The Bertz CT molecular complexity index is 674. The molecule has 0 radical (unpaired) electrons. The van der Waals surface area contributed by atoms with Crippen molar-refractivity contribution in [3.63, 3.8) is 0 Å². The Labute approximate surface area is 112 Å². The van der Waals surface area contributed by atoms with Crippen molar-refractivity contribution in [2.75, 3.05) is 6.61 Å². The lowest BCUT2D eigenvalue weighted by Gasteiger charge is -2.01. The lowest BCUT2D eigenvalue weighted by Crippen LogP contribution is -1.95. The van der Waals surface area contributed by atoms with Crippen LogP contribution in [0, 0.1) is 24.2 Å². The van der Waals surface area contributed by atoms with E-state index in [2.05, 4.69) is 28.0 Å². The van der Waals surface area contributed by atoms with Crippen molar-refractivity contribution >= 4 is 10.9 Å². The SMILES string of the molecule is C#Cc1nnc2ccccc2c1C#CCCCCO. The number of nitrogens with zero attached hydrogens (tertiary/aromatic N) is 2. The first-order valence-corrected chi connectivity index (χ1v) is 6.18. The molecule has 0 bridgehead atoms. The zero-order chi connectivity index (χ0) is 13.5. The number of aliphatic hydroxyl groups is 1. The number of aromatic nitrogens is 2. The second-order valence-corrected chi connectivity index (χ2v) is 4.07. The molecule has 0 fully saturated rings. The number of rotatable bonds is 3. The molecule has 0 unspecified atom stereocenters. The van der Waals surface area contributed by atoms with E-state index in [-0.39, 0.29) is 6.61 Å². The van der Waals surface area contributed by atoms with Crippen LogP contribution in [0.3, 0.4) is 0 Å². The fourth-order valence-electron chi connectivity index (χ4n) is 1.76. The molecule has 1 aromatic heterocycles. The molecule has 0 spiro atoms. The average Bonchev–Trinajstić information content (AvgIpc) is 2.47. The Morgan fingerprint density at radius 2 is 2.00 bits per heavy atom. The smallest absolute Gasteiger partial charge is 0.151 e. The summed E-state index contributed by atoms with van der Waals surface area (Å²) >= 11 is 0. The Hall–Kier alpha value is -2.36. The van der Waals surface area contributed by atoms with E-state index >= 15 is 0 Å². The zero-order valence-corrected chi connectivity index (χ0v) is 10.6. The van der Waals surface area contributed by atoms with E-state index in [4.69, 9.17) is 11.5 Å². The van der Waals surface area contributed by atoms with E-state index in [0.29, 0.717) is 5.69 Å². The number of hydrogen-bond acceptors (Lipinski definition) is 3. The van der Waals surface area contributed by atoms with Gasteiger partial charge in [-0.25, -0.2) is 0 Å². The lowest BCUT2D eigenvalue weighted by molar-refractivity contribution is 0.285. The van der Waals surface area contributed by atoms with E-state index in [1.54, 1.807) is 0 Å². The zero-order valence-electron chi connectivity index (χ0n) is 10.6. The third-order valence-corrected chi connectivity index (χ3v) is 2.73. The van der Waals surface area contributed by atoms with E-state index in [1.165, 1.54) is 0 Å². The Kier molecular flexibility index (Phi) is 4.50. The van der Waals surface area contributed by atoms with Crippen molar-refractivity contribution in [3.8, 4) is 24.2 Å². The predicted molar refractivity (Wildman–Crippen MR) is 75.3 cm³/mol. The monoisotopic (exact) mass is 250 g/mol. The van der Waals surface area contributed by atoms with Crippen molar-refractivity contribution in [1.82, 2.24) is 10.2 Å². The summed E-state index contributed by atoms with van der Waals surface area (Å²) in [5, 5.41) is 17.7. The van der Waals surface area contributed by atoms with Crippen molar-refractivity contribution in [2.24, 2.45) is 0 Å². The van der Waals surface area contributed by atoms with Crippen LogP contribution in [-0.4, -0.2) is 21.9 Å². The fraction of sp³-hybridized carbons (Fsp3) is 0.250. The van der Waals surface area contributed by atoms with Crippen LogP contribution in [0.4, 0.5) is 0 Å². The average molecular weight is 250 g/mol. The maximum atomic E-state index is 8.71. The van der Waals surface area contributed by atoms with Crippen LogP contribution in [-0.2, 0) is 0 Å². The maximum absolute atomic E-state index is 8.71. The molecule has 0 amide bonds. The van der Waals surface area contributed by atoms with Crippen LogP contribution in [0.5, 0.6) is 0 Å². The van der Waals surface area contributed by atoms with Gasteiger partial charge in [-0.05, 0) is 24.8 Å². The van der Waals surface area contributed by atoms with Gasteiger partial charge >= 0.3 is 0 Å². The van der Waals surface area contributed by atoms with Crippen molar-refractivity contribution in [1.29, 1.82) is 0 Å². The van der Waals surface area contributed by atoms with Crippen LogP contribution < -0.4 is 0 Å². The van der Waals surface area contributed by atoms with E-state index in [1.807, 2.05) is 24.3 Å². The molecular formula is C16H14N2O. The van der Waals surface area contributed by atoms with Gasteiger partial charge in [0.2, 0.25) is 0 Å². The number of aliphatic hydroxyl groups excluding tert-OH is 1. The minimum Gasteiger partial charge on any atom is -0.396 e. The summed E-state index contributed by atoms with van der Waals surface area (Å²) in [6.07, 6.45) is 7.83. The molecule has 0 aliphatic carbocycles. The molecule has 3 nitrogen and oxygen atoms in total. The first-order chi connectivity index (χ1) is 9.36. The maximum Gasteiger partial charge on any atom is 0.151 e. The standard InChI is InChI=1S/C16H14N2O/c1-2-15-13(9-5-3-4-8-12-19)14-10-6-7-11-16(14)18-17-15/h1,6-7,10-11,19H,3-4,8,12H2. The molecule has 1 N–H and O–H groups in total. The van der Waals surface area contributed by atoms with Gasteiger partial charge in [0, 0.05) is 18.4 Å². The second kappa shape index (κ2) is 6.54. The second-order valence-electron chi connectivity index (χ2n) is 4.07. The van der Waals surface area contributed by atoms with Crippen LogP contribution in [0.25, 0.3) is 10.9 Å². The van der Waals surface area contributed by atoms with Gasteiger partial charge in [-0.2, -0.15) is 0 Å². The third kappa shape index (κ3) is 3.10. The van der Waals surface area contributed by atoms with Crippen LogP contribution in [0.2, 0.25) is 0 Å². The van der Waals surface area contributed by atoms with E-state index in [9.17, 15) is 0 Å². The van der Waals surface area contributed by atoms with Gasteiger partial charge in [-0.3, -0.25) is 0 Å². The third-order valence-electron chi connectivity index (χ3n) is 2.73. The highest BCUT2D eigenvalue weighted by Crippen LogP contribution is 2.17. The minimum atomic E-state index is 0.205. The fourth-order valence-corrected chi connectivity index (χ4v) is 1.76. The Morgan fingerprint density at radius 1 is 1.16 bits per heavy atom. The van der Waals surface area contributed by atoms with Gasteiger partial charge in [-0.1, -0.05) is 30.0 Å². The highest BCUT2D eigenvalue weighted by molar-refractivity contribution is 5.86. The highest BCUT2D eigenvalue weighted by Gasteiger charge is 2.05. The first-order valence-electron chi connectivity index (χ1n) is 6.18. The molecule has 19 heavy (non-hydrogen) atoms. The molecule has 1 aromatic carbocycles. The molecule has 2 aromatic rings. The largest absolute Gasteiger partial charge is 0.396 e. The molecule has 0 aliphatic heterocycles. The van der Waals surface area contributed by atoms with Gasteiger partial charge < -0.3 is 5.11 Å². The summed E-state index contributed by atoms with van der Waals surface area (Å²) in [5.74, 6) is 8.69. The van der Waals surface area contributed by atoms with Crippen molar-refractivity contribution in [3.05, 3.63) is 35.5 Å². The summed E-state index contributed by atoms with van der Waals surface area (Å²) in [6, 6.07) is 7.68. The lowest BCUT2D eigenvalue weighted by atomic mass is 10.1. The summed E-state index contributed by atoms with van der Waals surface area (Å²) < 4.78 is 0. The molecule has 0 saturated carbocycles. The van der Waals surface area contributed by atoms with Gasteiger partial charge in [0.15, 0.2) is 5.69 Å². The molecule has 0 aliphatic rings. The molecule has 94 valence electrons. The summed E-state index contributed by atoms with van der Waals surface area (Å²) in [6.45, 7) is 0.205. The summed E-state index contributed by atoms with van der Waals surface area (Å²) in [4.78, 5) is 0. The molecule has 0 atom stereocenters.